The highest BCUT2D eigenvalue weighted by atomic mass is 32.2. The number of nitrogens with one attached hydrogen (secondary N) is 4. The molecule has 4 aliphatic heterocycles. The first kappa shape index (κ1) is 59.3. The van der Waals surface area contributed by atoms with Gasteiger partial charge in [-0.05, 0) is 92.4 Å². The fourth-order valence-electron chi connectivity index (χ4n) is 11.1. The zero-order valence-corrected chi connectivity index (χ0v) is 47.3. The molecule has 0 spiro atoms. The Kier molecular flexibility index (Phi) is 22.8. The minimum absolute atomic E-state index is 0.0419. The maximum atomic E-state index is 14.5. The second-order valence-corrected chi connectivity index (χ2v) is 25.2. The van der Waals surface area contributed by atoms with Gasteiger partial charge in [0.1, 0.15) is 18.1 Å². The van der Waals surface area contributed by atoms with Crippen molar-refractivity contribution in [3.63, 3.8) is 0 Å². The van der Waals surface area contributed by atoms with E-state index >= 15 is 0 Å². The quantitative estimate of drug-likeness (QED) is 0.0602. The number of likely N-dealkylation sites (N-methyl/N-ethyl adjacent to an activating group) is 1. The summed E-state index contributed by atoms with van der Waals surface area (Å²) < 4.78 is 12.5. The highest BCUT2D eigenvalue weighted by Crippen LogP contribution is 2.48. The Labute approximate surface area is 450 Å². The number of fused-ring (bicyclic) bond motifs is 2. The summed E-state index contributed by atoms with van der Waals surface area (Å²) in [7, 11) is 1.72. The van der Waals surface area contributed by atoms with Crippen molar-refractivity contribution in [2.24, 2.45) is 16.7 Å². The van der Waals surface area contributed by atoms with Crippen LogP contribution in [-0.4, -0.2) is 131 Å². The molecule has 6 rings (SSSR count). The summed E-state index contributed by atoms with van der Waals surface area (Å²) in [6, 6.07) is 16.6. The van der Waals surface area contributed by atoms with E-state index in [0.717, 1.165) is 80.4 Å². The first-order valence-electron chi connectivity index (χ1n) is 27.7. The zero-order valence-electron chi connectivity index (χ0n) is 45.7. The van der Waals surface area contributed by atoms with Gasteiger partial charge in [0.05, 0.1) is 42.1 Å². The predicted octanol–water partition coefficient (Wildman–Crippen LogP) is 8.54. The van der Waals surface area contributed by atoms with E-state index in [1.807, 2.05) is 62.4 Å². The van der Waals surface area contributed by atoms with E-state index in [9.17, 15) is 28.8 Å². The number of rotatable bonds is 28. The van der Waals surface area contributed by atoms with Gasteiger partial charge in [-0.2, -0.15) is 0 Å². The molecule has 4 heterocycles. The van der Waals surface area contributed by atoms with E-state index in [4.69, 9.17) is 9.47 Å². The Morgan fingerprint density at radius 1 is 0.662 bits per heavy atom. The number of unbranched alkanes of at least 4 members (excludes halogenated alkanes) is 7. The Morgan fingerprint density at radius 3 is 1.66 bits per heavy atom. The van der Waals surface area contributed by atoms with E-state index in [0.29, 0.717) is 52.1 Å². The summed E-state index contributed by atoms with van der Waals surface area (Å²) in [4.78, 5) is 86.3. The van der Waals surface area contributed by atoms with Crippen LogP contribution in [0.2, 0.25) is 0 Å². The second kappa shape index (κ2) is 28.4. The third-order valence-electron chi connectivity index (χ3n) is 15.8. The summed E-state index contributed by atoms with van der Waals surface area (Å²) in [5.74, 6) is 0.309. The van der Waals surface area contributed by atoms with Crippen LogP contribution < -0.4 is 21.3 Å². The maximum absolute atomic E-state index is 14.5. The third kappa shape index (κ3) is 15.8. The fraction of sp³-hybridized carbons (Fsp3) is 0.690. The smallest absolute Gasteiger partial charge is 0.246 e. The Balaban J connectivity index is 0.898. The first-order chi connectivity index (χ1) is 35.5. The number of thioether (sulfide) groups is 2. The minimum atomic E-state index is -0.676. The van der Waals surface area contributed by atoms with Crippen molar-refractivity contribution >= 4 is 58.8 Å². The SMILES string of the molecule is CC[C@@H](C)C(=O)N[C@H]1CCS[C@H]2CC(C)(C)[C@@H](C(=O)N[C@H](COCCCCCCCCCCOC[C@@H](CC(=O)[C@H]3N4C(=O)[C@@H](NC(=O)[C@H](C)NC)CCS[C@@H]4CC3(C)C)c3ccccc3)c3ccccc3)N2C1=O. The third-order valence-corrected chi connectivity index (χ3v) is 18.3. The fourth-order valence-corrected chi connectivity index (χ4v) is 14.3. The van der Waals surface area contributed by atoms with Crippen LogP contribution in [0.25, 0.3) is 0 Å². The van der Waals surface area contributed by atoms with Gasteiger partial charge in [-0.1, -0.05) is 141 Å². The van der Waals surface area contributed by atoms with Gasteiger partial charge in [0, 0.05) is 31.5 Å². The molecule has 10 atom stereocenters. The number of Topliss-reactive ketones (excluding diaryl/α,β-unsaturated/α-hetero) is 1. The molecule has 4 fully saturated rings. The van der Waals surface area contributed by atoms with Crippen LogP contribution in [0, 0.1) is 16.7 Å². The number of carbonyl (C=O) groups excluding carboxylic acids is 6. The van der Waals surface area contributed by atoms with Gasteiger partial charge in [0.15, 0.2) is 5.78 Å². The normalized spacial score (nSPS) is 24.9. The minimum Gasteiger partial charge on any atom is -0.381 e. The van der Waals surface area contributed by atoms with Crippen LogP contribution in [0.4, 0.5) is 0 Å². The molecule has 0 bridgehead atoms. The molecule has 0 radical (unpaired) electrons. The molecule has 2 aromatic carbocycles. The lowest BCUT2D eigenvalue weighted by atomic mass is 9.79. The van der Waals surface area contributed by atoms with E-state index in [1.165, 1.54) is 0 Å². The van der Waals surface area contributed by atoms with Crippen LogP contribution in [0.3, 0.4) is 0 Å². The highest BCUT2D eigenvalue weighted by Gasteiger charge is 2.56. The zero-order chi connectivity index (χ0) is 53.4. The summed E-state index contributed by atoms with van der Waals surface area (Å²) in [5.41, 5.74) is 1.14. The lowest BCUT2D eigenvalue weighted by molar-refractivity contribution is -0.144. The molecule has 16 heteroatoms. The molecule has 4 saturated heterocycles. The second-order valence-electron chi connectivity index (χ2n) is 22.6. The van der Waals surface area contributed by atoms with Crippen molar-refractivity contribution in [3.8, 4) is 0 Å². The standard InChI is InChI=1S/C58H88N6O8S2/c1-9-39(2)52(66)60-44-28-32-74-49-36-58(6,7)51(64(49)56(44)70)54(68)62-46(42-26-20-17-21-27-42)38-72-31-23-15-13-11-10-12-14-22-30-71-37-43(41-24-18-16-19-25-41)34-47(65)50-57(4,5)35-48-63(50)55(69)45(29-33-73-48)61-53(67)40(3)59-8/h16-21,24-27,39-40,43-46,48-51,59H,9-15,22-23,28-38H2,1-8H3,(H,60,66)(H,61,67)(H,62,68)/t39-,40+,43-,44+,45+,46-,48-,49+,50-,51-/m1/s1. The average Bonchev–Trinajstić information content (AvgIpc) is 3.71. The van der Waals surface area contributed by atoms with Crippen LogP contribution in [0.1, 0.15) is 161 Å². The van der Waals surface area contributed by atoms with Crippen molar-refractivity contribution in [1.29, 1.82) is 0 Å². The van der Waals surface area contributed by atoms with Crippen molar-refractivity contribution in [2.45, 2.75) is 191 Å². The van der Waals surface area contributed by atoms with Gasteiger partial charge in [-0.15, -0.1) is 23.5 Å². The molecule has 74 heavy (non-hydrogen) atoms. The topological polar surface area (TPSA) is 175 Å². The molecule has 0 aliphatic carbocycles. The Morgan fingerprint density at radius 2 is 1.14 bits per heavy atom. The number of hydrogen-bond donors (Lipinski definition) is 4. The lowest BCUT2D eigenvalue weighted by Gasteiger charge is -2.35. The first-order valence-corrected chi connectivity index (χ1v) is 29.8. The summed E-state index contributed by atoms with van der Waals surface area (Å²) in [5, 5.41) is 12.0. The molecule has 0 aromatic heterocycles. The molecular formula is C58H88N6O8S2. The van der Waals surface area contributed by atoms with Crippen molar-refractivity contribution in [3.05, 3.63) is 71.8 Å². The molecule has 4 aliphatic rings. The molecular weight excluding hydrogens is 973 g/mol. The number of ketones is 1. The number of amides is 5. The number of benzene rings is 2. The highest BCUT2D eigenvalue weighted by molar-refractivity contribution is 8.00. The summed E-state index contributed by atoms with van der Waals surface area (Å²) >= 11 is 3.41. The van der Waals surface area contributed by atoms with Gasteiger partial charge in [-0.3, -0.25) is 28.8 Å². The average molecular weight is 1060 g/mol. The number of nitrogens with zero attached hydrogens (tertiary/aromatic N) is 2. The van der Waals surface area contributed by atoms with Crippen LogP contribution >= 0.6 is 23.5 Å². The Bertz CT molecular complexity index is 2000. The van der Waals surface area contributed by atoms with Crippen LogP contribution in [0.5, 0.6) is 0 Å². The number of ether oxygens (including phenoxy) is 2. The van der Waals surface area contributed by atoms with Crippen LogP contribution in [-0.2, 0) is 38.2 Å². The molecule has 0 unspecified atom stereocenters. The predicted molar refractivity (Wildman–Crippen MR) is 296 cm³/mol. The lowest BCUT2D eigenvalue weighted by Crippen LogP contribution is -2.57. The summed E-state index contributed by atoms with van der Waals surface area (Å²) in [6.45, 7) is 15.9. The van der Waals surface area contributed by atoms with Gasteiger partial charge in [0.25, 0.3) is 0 Å². The van der Waals surface area contributed by atoms with Crippen molar-refractivity contribution in [1.82, 2.24) is 31.1 Å². The molecule has 0 saturated carbocycles. The van der Waals surface area contributed by atoms with Gasteiger partial charge < -0.3 is 40.5 Å². The number of carbonyl (C=O) groups is 6. The maximum Gasteiger partial charge on any atom is 0.246 e. The van der Waals surface area contributed by atoms with Gasteiger partial charge >= 0.3 is 0 Å². The summed E-state index contributed by atoms with van der Waals surface area (Å²) in [6.07, 6.45) is 12.0. The van der Waals surface area contributed by atoms with E-state index < -0.39 is 41.0 Å². The van der Waals surface area contributed by atoms with E-state index in [2.05, 4.69) is 61.1 Å². The van der Waals surface area contributed by atoms with Gasteiger partial charge in [-0.25, -0.2) is 0 Å². The molecule has 5 amide bonds. The van der Waals surface area contributed by atoms with Crippen molar-refractivity contribution in [2.75, 3.05) is 45.0 Å². The van der Waals surface area contributed by atoms with Crippen LogP contribution in [0.15, 0.2) is 60.7 Å². The largest absolute Gasteiger partial charge is 0.381 e. The van der Waals surface area contributed by atoms with E-state index in [1.54, 1.807) is 47.3 Å². The van der Waals surface area contributed by atoms with E-state index in [-0.39, 0.29) is 70.4 Å². The molecule has 14 nitrogen and oxygen atoms in total. The molecule has 2 aromatic rings. The Hall–Kier alpha value is -3.96. The number of hydrogen-bond acceptors (Lipinski definition) is 11. The van der Waals surface area contributed by atoms with Gasteiger partial charge in [0.2, 0.25) is 29.5 Å². The molecule has 410 valence electrons. The molecule has 4 N–H and O–H groups in total. The van der Waals surface area contributed by atoms with Crippen molar-refractivity contribution < 1.29 is 38.2 Å². The monoisotopic (exact) mass is 1060 g/mol.